The lowest BCUT2D eigenvalue weighted by Gasteiger charge is -2.30. The Hall–Kier alpha value is -4.58. The van der Waals surface area contributed by atoms with Crippen LogP contribution in [0.5, 0.6) is 34.5 Å². The van der Waals surface area contributed by atoms with Gasteiger partial charge >= 0.3 is 0 Å². The molecule has 0 aliphatic carbocycles. The summed E-state index contributed by atoms with van der Waals surface area (Å²) in [5.41, 5.74) is 3.86. The highest BCUT2D eigenvalue weighted by Gasteiger charge is 2.31. The van der Waals surface area contributed by atoms with Crippen molar-refractivity contribution in [3.8, 4) is 34.5 Å². The molecule has 0 unspecified atom stereocenters. The molecule has 0 saturated heterocycles. The fourth-order valence-corrected chi connectivity index (χ4v) is 7.29. The number of rotatable bonds is 0. The van der Waals surface area contributed by atoms with Crippen LogP contribution in [0.15, 0.2) is 72.8 Å². The van der Waals surface area contributed by atoms with E-state index in [0.717, 1.165) is 104 Å². The molecule has 0 amide bonds. The van der Waals surface area contributed by atoms with E-state index in [4.69, 9.17) is 28.4 Å². The van der Waals surface area contributed by atoms with Gasteiger partial charge in [0.1, 0.15) is 37.9 Å². The maximum Gasteiger partial charge on any atom is 0.162 e. The van der Waals surface area contributed by atoms with Gasteiger partial charge in [-0.25, -0.2) is 0 Å². The normalized spacial score (nSPS) is 17.2. The first-order valence-corrected chi connectivity index (χ1v) is 17.8. The number of ether oxygens (including phenoxy) is 6. The molecule has 0 radical (unpaired) electrons. The van der Waals surface area contributed by atoms with Gasteiger partial charge in [-0.1, -0.05) is 99.9 Å². The van der Waals surface area contributed by atoms with Crippen LogP contribution in [0.1, 0.15) is 86.5 Å². The topological polar surface area (TPSA) is 55.4 Å². The SMILES string of the molecule is c1ccc2cc3c(cc2c1)OCc1c(c2c4c(c1OCCCCCCCCCCCCO2)COc1cc2ccccc2cc1OC4)CO3. The summed E-state index contributed by atoms with van der Waals surface area (Å²) >= 11 is 0. The Bertz CT molecular complexity index is 1660. The lowest BCUT2D eigenvalue weighted by Crippen LogP contribution is -2.20. The fourth-order valence-electron chi connectivity index (χ4n) is 7.29. The summed E-state index contributed by atoms with van der Waals surface area (Å²) in [7, 11) is 0. The van der Waals surface area contributed by atoms with Crippen LogP contribution in [0.3, 0.4) is 0 Å². The third-order valence-corrected chi connectivity index (χ3v) is 9.97. The van der Waals surface area contributed by atoms with Gasteiger partial charge in [0, 0.05) is 22.3 Å². The molecule has 0 atom stereocenters. The van der Waals surface area contributed by atoms with Crippen LogP contribution in [0, 0.1) is 0 Å². The zero-order valence-corrected chi connectivity index (χ0v) is 27.7. The number of benzene rings is 5. The van der Waals surface area contributed by atoms with Crippen molar-refractivity contribution in [3.63, 3.8) is 0 Å². The van der Waals surface area contributed by atoms with E-state index in [0.29, 0.717) is 39.6 Å². The van der Waals surface area contributed by atoms with E-state index in [2.05, 4.69) is 48.5 Å². The average molecular weight is 645 g/mol. The van der Waals surface area contributed by atoms with E-state index >= 15 is 0 Å². The summed E-state index contributed by atoms with van der Waals surface area (Å²) in [5.74, 6) is 4.55. The third kappa shape index (κ3) is 6.45. The van der Waals surface area contributed by atoms with Crippen molar-refractivity contribution >= 4 is 21.5 Å². The molecule has 5 aromatic rings. The first kappa shape index (κ1) is 30.7. The molecule has 6 nitrogen and oxygen atoms in total. The molecule has 48 heavy (non-hydrogen) atoms. The lowest BCUT2D eigenvalue weighted by atomic mass is 9.95. The van der Waals surface area contributed by atoms with Crippen LogP contribution in [-0.2, 0) is 26.4 Å². The van der Waals surface area contributed by atoms with Gasteiger partial charge in [0.05, 0.1) is 13.2 Å². The number of fused-ring (bicyclic) bond motifs is 7. The highest BCUT2D eigenvalue weighted by molar-refractivity contribution is 5.87. The molecule has 3 aliphatic rings. The van der Waals surface area contributed by atoms with Crippen LogP contribution in [-0.4, -0.2) is 13.2 Å². The summed E-state index contributed by atoms with van der Waals surface area (Å²) in [6.45, 7) is 2.61. The average Bonchev–Trinajstić information content (AvgIpc) is 3.09. The Balaban J connectivity index is 1.21. The predicted octanol–water partition coefficient (Wildman–Crippen LogP) is 10.6. The van der Waals surface area contributed by atoms with Crippen LogP contribution < -0.4 is 28.4 Å². The minimum atomic E-state index is 0.338. The molecule has 0 aromatic heterocycles. The molecular formula is C42H44O6. The van der Waals surface area contributed by atoms with Gasteiger partial charge in [0.2, 0.25) is 0 Å². The molecule has 0 N–H and O–H groups in total. The van der Waals surface area contributed by atoms with Crippen LogP contribution in [0.4, 0.5) is 0 Å². The third-order valence-electron chi connectivity index (χ3n) is 9.97. The first-order chi connectivity index (χ1) is 23.8. The van der Waals surface area contributed by atoms with Crippen molar-refractivity contribution in [1.82, 2.24) is 0 Å². The largest absolute Gasteiger partial charge is 0.493 e. The highest BCUT2D eigenvalue weighted by atomic mass is 16.5. The van der Waals surface area contributed by atoms with Gasteiger partial charge in [0.15, 0.2) is 23.0 Å². The smallest absolute Gasteiger partial charge is 0.162 e. The Morgan fingerprint density at radius 2 is 0.583 bits per heavy atom. The van der Waals surface area contributed by atoms with Crippen molar-refractivity contribution in [2.45, 2.75) is 90.6 Å². The Labute approximate surface area is 282 Å². The summed E-state index contributed by atoms with van der Waals surface area (Å²) < 4.78 is 39.9. The summed E-state index contributed by atoms with van der Waals surface area (Å²) in [6, 6.07) is 24.9. The van der Waals surface area contributed by atoms with E-state index in [9.17, 15) is 0 Å². The molecule has 0 fully saturated rings. The monoisotopic (exact) mass is 644 g/mol. The van der Waals surface area contributed by atoms with E-state index in [-0.39, 0.29) is 0 Å². The van der Waals surface area contributed by atoms with Crippen molar-refractivity contribution < 1.29 is 28.4 Å². The van der Waals surface area contributed by atoms with Crippen molar-refractivity contribution in [3.05, 3.63) is 95.1 Å². The summed E-state index contributed by atoms with van der Waals surface area (Å²) in [6.07, 6.45) is 12.0. The van der Waals surface area contributed by atoms with Crippen molar-refractivity contribution in [2.24, 2.45) is 0 Å². The fraction of sp³-hybridized carbons (Fsp3) is 0.381. The predicted molar refractivity (Wildman–Crippen MR) is 189 cm³/mol. The minimum absolute atomic E-state index is 0.338. The molecule has 0 spiro atoms. The van der Waals surface area contributed by atoms with Gasteiger partial charge in [-0.2, -0.15) is 0 Å². The Kier molecular flexibility index (Phi) is 9.14. The van der Waals surface area contributed by atoms with E-state index in [1.54, 1.807) is 0 Å². The quantitative estimate of drug-likeness (QED) is 0.167. The Morgan fingerprint density at radius 3 is 0.875 bits per heavy atom. The molecule has 3 aliphatic heterocycles. The molecular weight excluding hydrogens is 600 g/mol. The molecule has 248 valence electrons. The van der Waals surface area contributed by atoms with Gasteiger partial charge < -0.3 is 28.4 Å². The lowest BCUT2D eigenvalue weighted by molar-refractivity contribution is 0.201. The molecule has 5 aromatic carbocycles. The number of hydrogen-bond donors (Lipinski definition) is 0. The van der Waals surface area contributed by atoms with Gasteiger partial charge in [-0.3, -0.25) is 0 Å². The van der Waals surface area contributed by atoms with Crippen molar-refractivity contribution in [2.75, 3.05) is 13.2 Å². The highest BCUT2D eigenvalue weighted by Crippen LogP contribution is 2.46. The zero-order valence-electron chi connectivity index (χ0n) is 27.7. The first-order valence-electron chi connectivity index (χ1n) is 17.8. The molecule has 3 heterocycles. The second-order valence-corrected chi connectivity index (χ2v) is 13.3. The van der Waals surface area contributed by atoms with Gasteiger partial charge in [0.25, 0.3) is 0 Å². The Morgan fingerprint density at radius 1 is 0.312 bits per heavy atom. The maximum atomic E-state index is 6.78. The standard InChI is InChI=1S/C42H44O6/c1-2-4-6-8-14-20-44-42-35-27-47-39-23-31-17-11-9-15-29(31)21-37(39)45-25-33(35)41(43-19-13-7-5-3-1)34-26-46-38-22-30-16-10-12-18-32(30)24-40(38)48-28-36(34)42/h9-12,15-18,21-24H,1-8,13-14,19-20,25-28H2. The van der Waals surface area contributed by atoms with Crippen LogP contribution in [0.25, 0.3) is 21.5 Å². The molecule has 0 saturated carbocycles. The van der Waals surface area contributed by atoms with E-state index < -0.39 is 0 Å². The maximum absolute atomic E-state index is 6.78. The molecule has 6 heteroatoms. The second-order valence-electron chi connectivity index (χ2n) is 13.3. The van der Waals surface area contributed by atoms with E-state index in [1.165, 1.54) is 38.5 Å². The van der Waals surface area contributed by atoms with Gasteiger partial charge in [-0.05, 0) is 58.7 Å². The summed E-state index contributed by atoms with van der Waals surface area (Å²) in [4.78, 5) is 0. The van der Waals surface area contributed by atoms with Gasteiger partial charge in [-0.15, -0.1) is 0 Å². The van der Waals surface area contributed by atoms with Crippen LogP contribution >= 0.6 is 0 Å². The summed E-state index contributed by atoms with van der Waals surface area (Å²) in [5, 5.41) is 4.46. The number of hydrogen-bond acceptors (Lipinski definition) is 6. The minimum Gasteiger partial charge on any atom is -0.493 e. The van der Waals surface area contributed by atoms with Crippen molar-refractivity contribution in [1.29, 1.82) is 0 Å². The molecule has 2 bridgehead atoms. The van der Waals surface area contributed by atoms with E-state index in [1.807, 2.05) is 24.3 Å². The van der Waals surface area contributed by atoms with Crippen LogP contribution in [0.2, 0.25) is 0 Å². The zero-order chi connectivity index (χ0) is 32.1. The second kappa shape index (κ2) is 14.3. The molecule has 8 rings (SSSR count).